The molecule has 0 aromatic carbocycles. The molecule has 4 heterocycles. The van der Waals surface area contributed by atoms with Crippen molar-refractivity contribution < 1.29 is 37.1 Å². The summed E-state index contributed by atoms with van der Waals surface area (Å²) in [5.41, 5.74) is 9.88. The summed E-state index contributed by atoms with van der Waals surface area (Å²) in [5, 5.41) is 5.94. The van der Waals surface area contributed by atoms with Crippen LogP contribution in [0.25, 0.3) is 0 Å². The van der Waals surface area contributed by atoms with Gasteiger partial charge in [0.2, 0.25) is 6.29 Å². The van der Waals surface area contributed by atoms with E-state index in [0.717, 1.165) is 16.8 Å². The van der Waals surface area contributed by atoms with Crippen LogP contribution in [0.3, 0.4) is 0 Å². The topological polar surface area (TPSA) is 171 Å². The molecule has 4 aromatic rings. The van der Waals surface area contributed by atoms with Gasteiger partial charge in [0.15, 0.2) is 11.6 Å². The zero-order valence-corrected chi connectivity index (χ0v) is 37.1. The van der Waals surface area contributed by atoms with Crippen LogP contribution in [0.5, 0.6) is 0 Å². The standard InChI is InChI=1S/C19H25N3O2S2.C18H24N4O2S2.C2HF3O/c1-13-7-6-8-15(21-13)17(23)10-14-9-16(22(4)11-14)18(24)20-12-19(2,3)26-25-5;1-18(2,26-25-4)11-20-17(24)14-8-12(10-22(14)3)9-15(23)13-6-5-7-16(19)21-13;3-2(4,5)1-6/h6-9,11H,10,12H2,1-5H3,(H,20,24);5-8,10H,9,11H2,1-4H3,(H2,19,21)(H,20,24);1H. The van der Waals surface area contributed by atoms with Crippen LogP contribution in [0.2, 0.25) is 0 Å². The maximum absolute atomic E-state index is 12.5. The number of aryl methyl sites for hydroxylation is 3. The number of aldehydes is 1. The number of nitrogens with two attached hydrogens (primary N) is 1. The lowest BCUT2D eigenvalue weighted by Crippen LogP contribution is -2.36. The van der Waals surface area contributed by atoms with Gasteiger partial charge in [0.25, 0.3) is 11.8 Å². The molecule has 4 aromatic heterocycles. The Morgan fingerprint density at radius 1 is 0.741 bits per heavy atom. The van der Waals surface area contributed by atoms with Crippen LogP contribution in [-0.2, 0) is 31.7 Å². The molecule has 0 spiro atoms. The number of amides is 2. The normalized spacial score (nSPS) is 11.4. The number of hydrogen-bond acceptors (Lipinski definition) is 12. The maximum atomic E-state index is 12.5. The van der Waals surface area contributed by atoms with E-state index >= 15 is 0 Å². The van der Waals surface area contributed by atoms with E-state index in [1.165, 1.54) is 0 Å². The number of alkyl halides is 3. The highest BCUT2D eigenvalue weighted by Gasteiger charge is 2.25. The van der Waals surface area contributed by atoms with Crippen molar-refractivity contribution in [2.45, 2.75) is 63.1 Å². The number of nitrogen functional groups attached to an aromatic ring is 1. The highest BCUT2D eigenvalue weighted by Crippen LogP contribution is 2.33. The van der Waals surface area contributed by atoms with E-state index in [2.05, 4.69) is 48.3 Å². The van der Waals surface area contributed by atoms with E-state index in [0.29, 0.717) is 41.7 Å². The Balaban J connectivity index is 0.000000351. The minimum Gasteiger partial charge on any atom is -0.384 e. The van der Waals surface area contributed by atoms with Crippen LogP contribution in [0.15, 0.2) is 60.9 Å². The minimum atomic E-state index is -4.64. The predicted molar refractivity (Wildman–Crippen MR) is 232 cm³/mol. The van der Waals surface area contributed by atoms with Crippen molar-refractivity contribution in [3.05, 3.63) is 101 Å². The second-order valence-corrected chi connectivity index (χ2v) is 20.3. The molecular formula is C39H50F3N7O5S4. The van der Waals surface area contributed by atoms with Crippen molar-refractivity contribution in [2.75, 3.05) is 31.3 Å². The Labute approximate surface area is 353 Å². The van der Waals surface area contributed by atoms with Gasteiger partial charge in [-0.3, -0.25) is 29.0 Å². The number of hydrogen-bond donors (Lipinski definition) is 3. The van der Waals surface area contributed by atoms with Crippen molar-refractivity contribution in [3.8, 4) is 0 Å². The summed E-state index contributed by atoms with van der Waals surface area (Å²) in [4.78, 5) is 66.7. The molecule has 19 heteroatoms. The van der Waals surface area contributed by atoms with Crippen molar-refractivity contribution in [3.63, 3.8) is 0 Å². The number of carbonyl (C=O) groups is 5. The van der Waals surface area contributed by atoms with E-state index in [1.54, 1.807) is 102 Å². The molecule has 12 nitrogen and oxygen atoms in total. The van der Waals surface area contributed by atoms with E-state index < -0.39 is 12.5 Å². The Morgan fingerprint density at radius 2 is 1.14 bits per heavy atom. The first-order chi connectivity index (χ1) is 27.0. The Kier molecular flexibility index (Phi) is 19.6. The molecule has 0 radical (unpaired) electrons. The van der Waals surface area contributed by atoms with Gasteiger partial charge >= 0.3 is 6.18 Å². The quantitative estimate of drug-likeness (QED) is 0.0581. The number of aromatic nitrogens is 4. The number of carbonyl (C=O) groups excluding carboxylic acids is 5. The lowest BCUT2D eigenvalue weighted by atomic mass is 10.1. The number of halogens is 3. The predicted octanol–water partition coefficient (Wildman–Crippen LogP) is 7.37. The first-order valence-corrected chi connectivity index (χ1v) is 22.7. The molecule has 4 rings (SSSR count). The van der Waals surface area contributed by atoms with Crippen molar-refractivity contribution in [1.82, 2.24) is 29.7 Å². The number of pyridine rings is 2. The fraction of sp³-hybridized carbons (Fsp3) is 0.410. The molecule has 4 N–H and O–H groups in total. The van der Waals surface area contributed by atoms with Gasteiger partial charge in [0, 0.05) is 67.6 Å². The number of nitrogens with one attached hydrogen (secondary N) is 2. The SMILES string of the molecule is CSSC(C)(C)CNC(=O)c1cc(CC(=O)c2cccc(C)n2)cn1C.CSSC(C)(C)CNC(=O)c1cc(CC(=O)c2cccc(N)n2)cn1C.O=CC(F)(F)F. The molecule has 0 aliphatic carbocycles. The highest BCUT2D eigenvalue weighted by molar-refractivity contribution is 8.77. The van der Waals surface area contributed by atoms with Crippen LogP contribution < -0.4 is 16.4 Å². The average molecular weight is 882 g/mol. The lowest BCUT2D eigenvalue weighted by Gasteiger charge is -2.22. The van der Waals surface area contributed by atoms with Crippen LogP contribution in [-0.4, -0.2) is 90.0 Å². The van der Waals surface area contributed by atoms with E-state index in [1.807, 2.05) is 44.8 Å². The highest BCUT2D eigenvalue weighted by atomic mass is 33.1. The van der Waals surface area contributed by atoms with Crippen molar-refractivity contribution >= 4 is 78.7 Å². The number of nitrogens with zero attached hydrogens (tertiary/aromatic N) is 4. The molecule has 0 atom stereocenters. The zero-order valence-electron chi connectivity index (χ0n) is 33.9. The summed E-state index contributed by atoms with van der Waals surface area (Å²) in [6.07, 6.45) is 2.36. The lowest BCUT2D eigenvalue weighted by molar-refractivity contribution is -0.156. The van der Waals surface area contributed by atoms with Gasteiger partial charge in [-0.1, -0.05) is 55.3 Å². The molecule has 0 aliphatic heterocycles. The second-order valence-electron chi connectivity index (χ2n) is 14.0. The third-order valence-electron chi connectivity index (χ3n) is 7.65. The molecule has 0 aliphatic rings. The summed E-state index contributed by atoms with van der Waals surface area (Å²) in [6.45, 7) is 11.4. The zero-order chi connectivity index (χ0) is 43.8. The number of ketones is 2. The van der Waals surface area contributed by atoms with E-state index in [9.17, 15) is 32.3 Å². The fourth-order valence-electron chi connectivity index (χ4n) is 5.05. The number of anilines is 1. The molecule has 0 fully saturated rings. The smallest absolute Gasteiger partial charge is 0.384 e. The van der Waals surface area contributed by atoms with Crippen LogP contribution in [0.1, 0.15) is 86.5 Å². The largest absolute Gasteiger partial charge is 0.446 e. The van der Waals surface area contributed by atoms with Crippen LogP contribution in [0, 0.1) is 6.92 Å². The number of rotatable bonds is 16. The molecule has 58 heavy (non-hydrogen) atoms. The molecule has 0 bridgehead atoms. The number of Topliss-reactive ketones (excluding diaryl/α,β-unsaturated/α-hetero) is 2. The first kappa shape index (κ1) is 49.9. The van der Waals surface area contributed by atoms with Gasteiger partial charge in [-0.05, 0) is 94.7 Å². The van der Waals surface area contributed by atoms with Crippen molar-refractivity contribution in [1.29, 1.82) is 0 Å². The monoisotopic (exact) mass is 881 g/mol. The van der Waals surface area contributed by atoms with Gasteiger partial charge in [-0.25, -0.2) is 4.98 Å². The Hall–Kier alpha value is -4.20. The summed E-state index contributed by atoms with van der Waals surface area (Å²) in [5.74, 6) is -0.149. The van der Waals surface area contributed by atoms with E-state index in [4.69, 9.17) is 10.5 Å². The minimum absolute atomic E-state index is 0.0458. The molecule has 0 saturated carbocycles. The van der Waals surface area contributed by atoms with Crippen molar-refractivity contribution in [2.24, 2.45) is 14.1 Å². The summed E-state index contributed by atoms with van der Waals surface area (Å²) in [7, 11) is 10.4. The summed E-state index contributed by atoms with van der Waals surface area (Å²) < 4.78 is 34.6. The molecular weight excluding hydrogens is 832 g/mol. The van der Waals surface area contributed by atoms with Gasteiger partial charge in [0.1, 0.15) is 28.6 Å². The summed E-state index contributed by atoms with van der Waals surface area (Å²) in [6, 6.07) is 13.9. The van der Waals surface area contributed by atoms with Gasteiger partial charge in [0.05, 0.1) is 0 Å². The van der Waals surface area contributed by atoms with Crippen LogP contribution in [0.4, 0.5) is 19.0 Å². The van der Waals surface area contributed by atoms with E-state index in [-0.39, 0.29) is 45.7 Å². The third kappa shape index (κ3) is 17.7. The first-order valence-electron chi connectivity index (χ1n) is 17.6. The molecule has 316 valence electrons. The van der Waals surface area contributed by atoms with Gasteiger partial charge < -0.3 is 25.5 Å². The fourth-order valence-corrected chi connectivity index (χ4v) is 9.27. The Bertz CT molecular complexity index is 1900. The summed E-state index contributed by atoms with van der Waals surface area (Å²) >= 11 is 0. The molecule has 0 saturated heterocycles. The second kappa shape index (κ2) is 22.8. The van der Waals surface area contributed by atoms with Gasteiger partial charge in [-0.15, -0.1) is 0 Å². The Morgan fingerprint density at radius 3 is 1.50 bits per heavy atom. The average Bonchev–Trinajstić information content (AvgIpc) is 3.70. The third-order valence-corrected chi connectivity index (χ3v) is 12.9. The van der Waals surface area contributed by atoms with Crippen LogP contribution >= 0.6 is 43.2 Å². The molecule has 2 amide bonds. The maximum Gasteiger partial charge on any atom is 0.446 e. The van der Waals surface area contributed by atoms with Gasteiger partial charge in [-0.2, -0.15) is 13.2 Å². The molecule has 0 unspecified atom stereocenters.